The van der Waals surface area contributed by atoms with Crippen molar-refractivity contribution in [1.29, 1.82) is 0 Å². The van der Waals surface area contributed by atoms with Gasteiger partial charge in [-0.1, -0.05) is 25.9 Å². The number of rotatable bonds is 2. The second-order valence-corrected chi connectivity index (χ2v) is 10.3. The van der Waals surface area contributed by atoms with Crippen LogP contribution in [0, 0.1) is 6.42 Å². The molecule has 1 aliphatic rings. The van der Waals surface area contributed by atoms with Crippen molar-refractivity contribution in [2.75, 3.05) is 0 Å². The molecule has 14 heavy (non-hydrogen) atoms. The maximum Gasteiger partial charge on any atom is 1.00 e. The van der Waals surface area contributed by atoms with Gasteiger partial charge in [0.1, 0.15) is 0 Å². The third-order valence-corrected chi connectivity index (χ3v) is 6.57. The predicted molar refractivity (Wildman–Crippen MR) is 62.3 cm³/mol. The Morgan fingerprint density at radius 3 is 2.21 bits per heavy atom. The Morgan fingerprint density at radius 1 is 1.29 bits per heavy atom. The number of hydrogen-bond acceptors (Lipinski definition) is 1. The SMILES string of the molecule is CC(C)(C)N[Si](C)(C)C1[CH-]CCC1.[Li+]. The van der Waals surface area contributed by atoms with Crippen molar-refractivity contribution in [3.05, 3.63) is 6.42 Å². The average molecular weight is 205 g/mol. The van der Waals surface area contributed by atoms with Crippen LogP contribution in [0.1, 0.15) is 40.0 Å². The first-order valence-electron chi connectivity index (χ1n) is 5.44. The first-order valence-corrected chi connectivity index (χ1v) is 8.52. The van der Waals surface area contributed by atoms with Crippen molar-refractivity contribution in [2.45, 2.75) is 64.2 Å². The minimum Gasteiger partial charge on any atom is -0.334 e. The van der Waals surface area contributed by atoms with E-state index in [0.29, 0.717) is 0 Å². The molecule has 0 aromatic carbocycles. The maximum absolute atomic E-state index is 3.85. The van der Waals surface area contributed by atoms with Gasteiger partial charge in [-0.05, 0) is 20.8 Å². The fourth-order valence-electron chi connectivity index (χ4n) is 2.49. The van der Waals surface area contributed by atoms with E-state index < -0.39 is 8.24 Å². The summed E-state index contributed by atoms with van der Waals surface area (Å²) in [6, 6.07) is 0. The standard InChI is InChI=1S/C11H24NSi.Li/c1-11(2,3)12-13(4,5)10-8-6-7-9-10;/h8,10,12H,6-7,9H2,1-5H3;/q-1;+1. The molecule has 0 aromatic heterocycles. The second-order valence-electron chi connectivity index (χ2n) is 5.87. The van der Waals surface area contributed by atoms with Gasteiger partial charge in [-0.2, -0.15) is 12.0 Å². The Labute approximate surface area is 103 Å². The van der Waals surface area contributed by atoms with Gasteiger partial charge in [0.2, 0.25) is 0 Å². The summed E-state index contributed by atoms with van der Waals surface area (Å²) in [6.45, 7) is 11.7. The molecule has 3 heteroatoms. The van der Waals surface area contributed by atoms with Gasteiger partial charge in [-0.25, -0.2) is 0 Å². The molecule has 78 valence electrons. The van der Waals surface area contributed by atoms with Crippen LogP contribution in [0.4, 0.5) is 0 Å². The predicted octanol–water partition coefficient (Wildman–Crippen LogP) is 0.342. The van der Waals surface area contributed by atoms with Gasteiger partial charge < -0.3 is 11.4 Å². The van der Waals surface area contributed by atoms with E-state index in [2.05, 4.69) is 45.3 Å². The van der Waals surface area contributed by atoms with Crippen molar-refractivity contribution in [1.82, 2.24) is 4.98 Å². The Balaban J connectivity index is 0.00000169. The normalized spacial score (nSPS) is 23.4. The van der Waals surface area contributed by atoms with Crippen molar-refractivity contribution in [2.24, 2.45) is 0 Å². The molecule has 0 bridgehead atoms. The van der Waals surface area contributed by atoms with E-state index in [-0.39, 0.29) is 24.4 Å². The fourth-order valence-corrected chi connectivity index (χ4v) is 6.29. The van der Waals surface area contributed by atoms with E-state index in [9.17, 15) is 0 Å². The first kappa shape index (κ1) is 14.8. The van der Waals surface area contributed by atoms with Crippen LogP contribution in [-0.2, 0) is 0 Å². The zero-order valence-corrected chi connectivity index (χ0v) is 11.8. The van der Waals surface area contributed by atoms with Crippen LogP contribution in [0.15, 0.2) is 0 Å². The van der Waals surface area contributed by atoms with Gasteiger partial charge in [0.25, 0.3) is 0 Å². The van der Waals surface area contributed by atoms with Gasteiger partial charge in [0.15, 0.2) is 0 Å². The van der Waals surface area contributed by atoms with Crippen LogP contribution in [0.5, 0.6) is 0 Å². The average Bonchev–Trinajstić information content (AvgIpc) is 2.29. The zero-order valence-electron chi connectivity index (χ0n) is 10.8. The molecule has 1 nitrogen and oxygen atoms in total. The quantitative estimate of drug-likeness (QED) is 0.506. The molecule has 1 unspecified atom stereocenters. The molecule has 1 rings (SSSR count). The van der Waals surface area contributed by atoms with E-state index in [0.717, 1.165) is 5.54 Å². The molecule has 0 amide bonds. The number of nitrogens with one attached hydrogen (secondary N) is 1. The smallest absolute Gasteiger partial charge is 0.334 e. The molecule has 1 saturated carbocycles. The van der Waals surface area contributed by atoms with Crippen molar-refractivity contribution in [3.8, 4) is 0 Å². The van der Waals surface area contributed by atoms with E-state index in [1.165, 1.54) is 19.3 Å². The molecular weight excluding hydrogens is 181 g/mol. The second kappa shape index (κ2) is 5.21. The summed E-state index contributed by atoms with van der Waals surface area (Å²) in [4.78, 5) is 3.85. The molecule has 1 N–H and O–H groups in total. The molecule has 0 radical (unpaired) electrons. The van der Waals surface area contributed by atoms with Crippen LogP contribution < -0.4 is 23.8 Å². The third-order valence-electron chi connectivity index (χ3n) is 2.79. The summed E-state index contributed by atoms with van der Waals surface area (Å²) in [5.74, 6) is 0. The molecule has 0 heterocycles. The monoisotopic (exact) mass is 205 g/mol. The largest absolute Gasteiger partial charge is 1.00 e. The maximum atomic E-state index is 3.85. The topological polar surface area (TPSA) is 12.0 Å². The molecule has 1 atom stereocenters. The number of hydrogen-bond donors (Lipinski definition) is 1. The van der Waals surface area contributed by atoms with Gasteiger partial charge in [0.05, 0.1) is 8.24 Å². The summed E-state index contributed by atoms with van der Waals surface area (Å²) < 4.78 is 0. The summed E-state index contributed by atoms with van der Waals surface area (Å²) in [5, 5.41) is 0. The van der Waals surface area contributed by atoms with Gasteiger partial charge >= 0.3 is 18.9 Å². The van der Waals surface area contributed by atoms with Crippen LogP contribution in [0.25, 0.3) is 0 Å². The zero-order chi connectivity index (χ0) is 10.1. The van der Waals surface area contributed by atoms with E-state index in [4.69, 9.17) is 0 Å². The Hall–Kier alpha value is 0.774. The third kappa shape index (κ3) is 4.53. The molecule has 1 aliphatic carbocycles. The van der Waals surface area contributed by atoms with Gasteiger partial charge in [-0.3, -0.25) is 0 Å². The summed E-state index contributed by atoms with van der Waals surface area (Å²) in [7, 11) is -1.21. The first-order chi connectivity index (χ1) is 5.81. The molecule has 0 aromatic rings. The van der Waals surface area contributed by atoms with Crippen LogP contribution in [-0.4, -0.2) is 13.8 Å². The summed E-state index contributed by atoms with van der Waals surface area (Å²) >= 11 is 0. The Bertz CT molecular complexity index is 169. The molecule has 0 saturated heterocycles. The Kier molecular flexibility index (Phi) is 5.50. The van der Waals surface area contributed by atoms with Crippen molar-refractivity contribution < 1.29 is 18.9 Å². The minimum atomic E-state index is -1.21. The van der Waals surface area contributed by atoms with E-state index in [1.807, 2.05) is 0 Å². The van der Waals surface area contributed by atoms with Crippen LogP contribution in [0.2, 0.25) is 18.6 Å². The van der Waals surface area contributed by atoms with Gasteiger partial charge in [-0.15, -0.1) is 0 Å². The van der Waals surface area contributed by atoms with E-state index >= 15 is 0 Å². The van der Waals surface area contributed by atoms with E-state index in [1.54, 1.807) is 0 Å². The summed E-state index contributed by atoms with van der Waals surface area (Å²) in [5.41, 5.74) is 1.18. The van der Waals surface area contributed by atoms with Crippen LogP contribution >= 0.6 is 0 Å². The molecule has 0 aliphatic heterocycles. The summed E-state index contributed by atoms with van der Waals surface area (Å²) in [6.07, 6.45) is 6.72. The van der Waals surface area contributed by atoms with Crippen molar-refractivity contribution >= 4 is 8.24 Å². The Morgan fingerprint density at radius 2 is 1.86 bits per heavy atom. The van der Waals surface area contributed by atoms with Crippen molar-refractivity contribution in [3.63, 3.8) is 0 Å². The van der Waals surface area contributed by atoms with Crippen LogP contribution in [0.3, 0.4) is 0 Å². The fraction of sp³-hybridized carbons (Fsp3) is 0.909. The minimum absolute atomic E-state index is 0. The molecule has 0 spiro atoms. The molecule has 1 fully saturated rings. The molecular formula is C11H24LiNSi. The van der Waals surface area contributed by atoms with Gasteiger partial charge in [0, 0.05) is 5.54 Å².